The molecule has 5 rings (SSSR count). The van der Waals surface area contributed by atoms with E-state index in [1.165, 1.54) is 22.9 Å². The van der Waals surface area contributed by atoms with Crippen molar-refractivity contribution in [3.63, 3.8) is 0 Å². The average Bonchev–Trinajstić information content (AvgIpc) is 3.52. The molecular weight excluding hydrogens is 592 g/mol. The normalized spacial score (nSPS) is 22.2. The minimum atomic E-state index is -1.25. The Hall–Kier alpha value is -3.94. The number of aromatic nitrogens is 1. The molecule has 2 saturated heterocycles. The molecule has 43 heavy (non-hydrogen) atoms. The Bertz CT molecular complexity index is 1410. The van der Waals surface area contributed by atoms with Crippen LogP contribution in [0, 0.1) is 0 Å². The number of rotatable bonds is 8. The molecule has 2 fully saturated rings. The van der Waals surface area contributed by atoms with Crippen LogP contribution in [0.15, 0.2) is 72.2 Å². The van der Waals surface area contributed by atoms with Gasteiger partial charge in [-0.1, -0.05) is 60.7 Å². The number of alkyl carbamates (subject to hydrolysis) is 1. The highest BCUT2D eigenvalue weighted by atomic mass is 32.2. The summed E-state index contributed by atoms with van der Waals surface area (Å²) in [5.41, 5.74) is 1.12. The van der Waals surface area contributed by atoms with E-state index >= 15 is 0 Å². The number of fused-ring (bicyclic) bond motifs is 1. The van der Waals surface area contributed by atoms with Gasteiger partial charge >= 0.3 is 12.1 Å². The van der Waals surface area contributed by atoms with Crippen LogP contribution in [0.4, 0.5) is 4.79 Å². The van der Waals surface area contributed by atoms with Gasteiger partial charge in [0, 0.05) is 22.9 Å². The van der Waals surface area contributed by atoms with E-state index in [0.29, 0.717) is 5.56 Å². The average molecular weight is 625 g/mol. The summed E-state index contributed by atoms with van der Waals surface area (Å²) in [6, 6.07) is 15.0. The molecule has 13 heteroatoms. The lowest BCUT2D eigenvalue weighted by molar-refractivity contribution is -0.173. The molecule has 0 bridgehead atoms. The summed E-state index contributed by atoms with van der Waals surface area (Å²) in [5.74, 6) is -1.77. The zero-order valence-corrected chi connectivity index (χ0v) is 25.3. The highest BCUT2D eigenvalue weighted by Crippen LogP contribution is 2.40. The van der Waals surface area contributed by atoms with Crippen molar-refractivity contribution >= 4 is 47.2 Å². The Kier molecular flexibility index (Phi) is 9.04. The van der Waals surface area contributed by atoms with Crippen LogP contribution in [0.5, 0.6) is 0 Å². The SMILES string of the molecule is CC(C)(C)OC(=O)NC(C(=O)N[C@@H]1C(=O)N2[C@@H](C(=O)OC(c3ccccc3)c3ccccc3)C(O)CS[C@@H]12)c1cnsc1. The van der Waals surface area contributed by atoms with Crippen molar-refractivity contribution in [3.05, 3.63) is 88.9 Å². The lowest BCUT2D eigenvalue weighted by Crippen LogP contribution is -2.77. The molecule has 0 aliphatic carbocycles. The third-order valence-corrected chi connectivity index (χ3v) is 8.85. The number of nitrogens with zero attached hydrogens (tertiary/aromatic N) is 2. The molecule has 2 unspecified atom stereocenters. The molecule has 3 N–H and O–H groups in total. The van der Waals surface area contributed by atoms with Crippen molar-refractivity contribution in [2.75, 3.05) is 5.75 Å². The highest BCUT2D eigenvalue weighted by Gasteiger charge is 2.58. The maximum Gasteiger partial charge on any atom is 0.408 e. The van der Waals surface area contributed by atoms with E-state index in [0.717, 1.165) is 22.7 Å². The Balaban J connectivity index is 1.30. The first-order valence-corrected chi connectivity index (χ1v) is 15.5. The zero-order valence-electron chi connectivity index (χ0n) is 23.7. The lowest BCUT2D eigenvalue weighted by atomic mass is 9.98. The van der Waals surface area contributed by atoms with E-state index in [1.54, 1.807) is 26.2 Å². The quantitative estimate of drug-likeness (QED) is 0.254. The van der Waals surface area contributed by atoms with E-state index in [1.807, 2.05) is 60.7 Å². The summed E-state index contributed by atoms with van der Waals surface area (Å²) in [4.78, 5) is 54.1. The third-order valence-electron chi connectivity index (χ3n) is 6.87. The second kappa shape index (κ2) is 12.7. The molecule has 11 nitrogen and oxygen atoms in total. The standard InChI is InChI=1S/C30H32N4O7S2/c1-30(2,3)41-29(39)33-21(19-14-31-43-15-19)25(36)32-22-26(37)34-23(20(35)16-42-27(22)34)28(38)40-24(17-10-6-4-7-11-17)18-12-8-5-9-13-18/h4-15,20-24,27,35H,16H2,1-3H3,(H,32,36)(H,33,39)/t20?,21?,22-,23-,27+/m1/s1. The number of esters is 1. The summed E-state index contributed by atoms with van der Waals surface area (Å²) < 4.78 is 15.3. The number of hydrogen-bond acceptors (Lipinski definition) is 10. The van der Waals surface area contributed by atoms with Crippen LogP contribution in [-0.2, 0) is 23.9 Å². The van der Waals surface area contributed by atoms with E-state index in [4.69, 9.17) is 9.47 Å². The lowest BCUT2D eigenvalue weighted by Gasteiger charge is -2.53. The van der Waals surface area contributed by atoms with Crippen molar-refractivity contribution in [2.24, 2.45) is 0 Å². The summed E-state index contributed by atoms with van der Waals surface area (Å²) in [6.45, 7) is 5.11. The molecule has 2 aliphatic rings. The fourth-order valence-electron chi connectivity index (χ4n) is 4.92. The topological polar surface area (TPSA) is 147 Å². The molecule has 226 valence electrons. The molecule has 3 aromatic rings. The molecule has 2 aliphatic heterocycles. The maximum atomic E-state index is 13.6. The molecule has 3 heterocycles. The molecule has 1 aromatic heterocycles. The number of ether oxygens (including phenoxy) is 2. The number of carbonyl (C=O) groups is 4. The second-order valence-corrected chi connectivity index (χ2v) is 13.0. The summed E-state index contributed by atoms with van der Waals surface area (Å²) in [5, 5.41) is 17.1. The van der Waals surface area contributed by atoms with Gasteiger partial charge in [-0.15, -0.1) is 11.8 Å². The minimum Gasteiger partial charge on any atom is -0.451 e. The van der Waals surface area contributed by atoms with Gasteiger partial charge in [-0.05, 0) is 43.4 Å². The van der Waals surface area contributed by atoms with Crippen LogP contribution in [0.1, 0.15) is 49.6 Å². The number of amides is 3. The van der Waals surface area contributed by atoms with Gasteiger partial charge in [0.05, 0.1) is 6.10 Å². The molecule has 2 aromatic carbocycles. The fraction of sp³-hybridized carbons (Fsp3) is 0.367. The van der Waals surface area contributed by atoms with Gasteiger partial charge in [0.25, 0.3) is 0 Å². The van der Waals surface area contributed by atoms with Crippen LogP contribution in [0.3, 0.4) is 0 Å². The van der Waals surface area contributed by atoms with Crippen LogP contribution in [0.2, 0.25) is 0 Å². The van der Waals surface area contributed by atoms with Crippen molar-refractivity contribution in [3.8, 4) is 0 Å². The zero-order chi connectivity index (χ0) is 30.7. The van der Waals surface area contributed by atoms with Crippen molar-refractivity contribution < 1.29 is 33.8 Å². The first kappa shape index (κ1) is 30.5. The molecule has 0 radical (unpaired) electrons. The van der Waals surface area contributed by atoms with Crippen molar-refractivity contribution in [1.29, 1.82) is 0 Å². The Morgan fingerprint density at radius 3 is 2.21 bits per heavy atom. The van der Waals surface area contributed by atoms with Gasteiger partial charge in [-0.25, -0.2) is 14.0 Å². The number of hydrogen-bond donors (Lipinski definition) is 3. The molecule has 5 atom stereocenters. The Morgan fingerprint density at radius 2 is 1.65 bits per heavy atom. The van der Waals surface area contributed by atoms with Crippen LogP contribution >= 0.6 is 23.3 Å². The number of benzene rings is 2. The third kappa shape index (κ3) is 6.84. The van der Waals surface area contributed by atoms with Crippen molar-refractivity contribution in [2.45, 2.75) is 62.1 Å². The van der Waals surface area contributed by atoms with Crippen molar-refractivity contribution in [1.82, 2.24) is 19.9 Å². The number of nitrogens with one attached hydrogen (secondary N) is 2. The van der Waals surface area contributed by atoms with E-state index in [2.05, 4.69) is 15.0 Å². The Morgan fingerprint density at radius 1 is 1.02 bits per heavy atom. The monoisotopic (exact) mass is 624 g/mol. The number of aliphatic hydroxyl groups excluding tert-OH is 1. The first-order valence-electron chi connectivity index (χ1n) is 13.6. The van der Waals surface area contributed by atoms with E-state index in [-0.39, 0.29) is 5.75 Å². The molecule has 0 spiro atoms. The maximum absolute atomic E-state index is 13.6. The van der Waals surface area contributed by atoms with Crippen LogP contribution in [-0.4, -0.2) is 73.2 Å². The van der Waals surface area contributed by atoms with Crippen LogP contribution < -0.4 is 10.6 Å². The van der Waals surface area contributed by atoms with Crippen LogP contribution in [0.25, 0.3) is 0 Å². The van der Waals surface area contributed by atoms with Gasteiger partial charge in [0.2, 0.25) is 11.8 Å². The summed E-state index contributed by atoms with van der Waals surface area (Å²) in [6.07, 6.45) is -1.26. The summed E-state index contributed by atoms with van der Waals surface area (Å²) >= 11 is 2.36. The highest BCUT2D eigenvalue weighted by molar-refractivity contribution is 8.00. The van der Waals surface area contributed by atoms with Gasteiger partial charge < -0.3 is 30.1 Å². The number of aliphatic hydroxyl groups is 1. The predicted octanol–water partition coefficient (Wildman–Crippen LogP) is 3.17. The van der Waals surface area contributed by atoms with Gasteiger partial charge in [0.15, 0.2) is 12.1 Å². The molecular formula is C30H32N4O7S2. The number of carbonyl (C=O) groups excluding carboxylic acids is 4. The summed E-state index contributed by atoms with van der Waals surface area (Å²) in [7, 11) is 0. The Labute approximate surface area is 257 Å². The van der Waals surface area contributed by atoms with Gasteiger partial charge in [-0.2, -0.15) is 0 Å². The fourth-order valence-corrected chi connectivity index (χ4v) is 6.83. The molecule has 0 saturated carbocycles. The van der Waals surface area contributed by atoms with Gasteiger partial charge in [-0.3, -0.25) is 9.59 Å². The van der Waals surface area contributed by atoms with Gasteiger partial charge in [0.1, 0.15) is 23.1 Å². The molecule has 3 amide bonds. The van der Waals surface area contributed by atoms with E-state index < -0.39 is 65.2 Å². The largest absolute Gasteiger partial charge is 0.451 e. The smallest absolute Gasteiger partial charge is 0.408 e. The second-order valence-electron chi connectivity index (χ2n) is 11.1. The van der Waals surface area contributed by atoms with E-state index in [9.17, 15) is 24.3 Å². The number of β-lactam (4-membered cyclic amide) rings is 1. The first-order chi connectivity index (χ1) is 20.5. The minimum absolute atomic E-state index is 0.149. The number of thioether (sulfide) groups is 1. The predicted molar refractivity (Wildman–Crippen MR) is 160 cm³/mol.